The van der Waals surface area contributed by atoms with Crippen LogP contribution in [-0.2, 0) is 7.05 Å². The van der Waals surface area contributed by atoms with E-state index in [4.69, 9.17) is 0 Å². The van der Waals surface area contributed by atoms with Gasteiger partial charge in [0.05, 0.1) is 30.9 Å². The minimum Gasteiger partial charge on any atom is -0.394 e. The van der Waals surface area contributed by atoms with Crippen LogP contribution in [0.2, 0.25) is 0 Å². The van der Waals surface area contributed by atoms with Crippen molar-refractivity contribution in [1.29, 1.82) is 0 Å². The van der Waals surface area contributed by atoms with Crippen molar-refractivity contribution in [3.05, 3.63) is 48.0 Å². The SMILES string of the molecule is Cc1ccccc1NC(CO)c1cncn1C. The van der Waals surface area contributed by atoms with Crippen LogP contribution >= 0.6 is 0 Å². The highest BCUT2D eigenvalue weighted by atomic mass is 16.3. The Morgan fingerprint density at radius 3 is 2.76 bits per heavy atom. The van der Waals surface area contributed by atoms with Crippen molar-refractivity contribution in [3.8, 4) is 0 Å². The van der Waals surface area contributed by atoms with Gasteiger partial charge in [-0.3, -0.25) is 0 Å². The van der Waals surface area contributed by atoms with Gasteiger partial charge in [-0.05, 0) is 18.6 Å². The Labute approximate surface area is 101 Å². The number of para-hydroxylation sites is 1. The number of nitrogens with zero attached hydrogens (tertiary/aromatic N) is 2. The predicted molar refractivity (Wildman–Crippen MR) is 67.8 cm³/mol. The van der Waals surface area contributed by atoms with Crippen molar-refractivity contribution >= 4 is 5.69 Å². The first kappa shape index (κ1) is 11.7. The third-order valence-corrected chi connectivity index (χ3v) is 2.87. The lowest BCUT2D eigenvalue weighted by Gasteiger charge is -2.19. The summed E-state index contributed by atoms with van der Waals surface area (Å²) in [5.41, 5.74) is 3.16. The highest BCUT2D eigenvalue weighted by Crippen LogP contribution is 2.21. The summed E-state index contributed by atoms with van der Waals surface area (Å²) in [5, 5.41) is 12.8. The van der Waals surface area contributed by atoms with Gasteiger partial charge >= 0.3 is 0 Å². The van der Waals surface area contributed by atoms with Crippen LogP contribution < -0.4 is 5.32 Å². The van der Waals surface area contributed by atoms with Crippen molar-refractivity contribution in [2.45, 2.75) is 13.0 Å². The van der Waals surface area contributed by atoms with E-state index >= 15 is 0 Å². The summed E-state index contributed by atoms with van der Waals surface area (Å²) in [7, 11) is 1.92. The Morgan fingerprint density at radius 1 is 1.41 bits per heavy atom. The van der Waals surface area contributed by atoms with E-state index in [9.17, 15) is 5.11 Å². The number of benzene rings is 1. The number of rotatable bonds is 4. The van der Waals surface area contributed by atoms with Crippen LogP contribution in [0.4, 0.5) is 5.69 Å². The van der Waals surface area contributed by atoms with Crippen LogP contribution in [0.5, 0.6) is 0 Å². The molecule has 0 aliphatic carbocycles. The van der Waals surface area contributed by atoms with Crippen LogP contribution in [-0.4, -0.2) is 21.3 Å². The number of aliphatic hydroxyl groups is 1. The largest absolute Gasteiger partial charge is 0.394 e. The van der Waals surface area contributed by atoms with E-state index < -0.39 is 0 Å². The Balaban J connectivity index is 2.22. The molecule has 0 spiro atoms. The summed E-state index contributed by atoms with van der Waals surface area (Å²) in [6, 6.07) is 7.89. The average Bonchev–Trinajstić information content (AvgIpc) is 2.75. The zero-order valence-electron chi connectivity index (χ0n) is 10.1. The maximum Gasteiger partial charge on any atom is 0.0946 e. The van der Waals surface area contributed by atoms with Crippen molar-refractivity contribution in [3.63, 3.8) is 0 Å². The monoisotopic (exact) mass is 231 g/mol. The number of anilines is 1. The number of aromatic nitrogens is 2. The fourth-order valence-electron chi connectivity index (χ4n) is 1.84. The van der Waals surface area contributed by atoms with E-state index in [1.54, 1.807) is 12.5 Å². The molecule has 4 heteroatoms. The first-order chi connectivity index (χ1) is 8.22. The highest BCUT2D eigenvalue weighted by Gasteiger charge is 2.14. The Morgan fingerprint density at radius 2 is 2.18 bits per heavy atom. The van der Waals surface area contributed by atoms with Crippen molar-refractivity contribution in [2.24, 2.45) is 7.05 Å². The molecule has 0 saturated carbocycles. The van der Waals surface area contributed by atoms with E-state index in [0.29, 0.717) is 0 Å². The molecule has 1 unspecified atom stereocenters. The minimum absolute atomic E-state index is 0.0356. The molecular formula is C13H17N3O. The van der Waals surface area contributed by atoms with E-state index in [0.717, 1.165) is 16.9 Å². The van der Waals surface area contributed by atoms with E-state index in [1.807, 2.05) is 42.8 Å². The third-order valence-electron chi connectivity index (χ3n) is 2.87. The summed E-state index contributed by atoms with van der Waals surface area (Å²) in [6.07, 6.45) is 3.50. The summed E-state index contributed by atoms with van der Waals surface area (Å²) >= 11 is 0. The molecule has 2 rings (SSSR count). The molecule has 2 N–H and O–H groups in total. The van der Waals surface area contributed by atoms with Crippen LogP contribution in [0.3, 0.4) is 0 Å². The van der Waals surface area contributed by atoms with Crippen molar-refractivity contribution < 1.29 is 5.11 Å². The molecule has 2 aromatic rings. The molecule has 1 atom stereocenters. The molecule has 17 heavy (non-hydrogen) atoms. The fourth-order valence-corrected chi connectivity index (χ4v) is 1.84. The zero-order valence-corrected chi connectivity index (χ0v) is 10.1. The molecule has 4 nitrogen and oxygen atoms in total. The summed E-state index contributed by atoms with van der Waals surface area (Å²) in [4.78, 5) is 4.07. The lowest BCUT2D eigenvalue weighted by molar-refractivity contribution is 0.272. The molecule has 90 valence electrons. The number of aryl methyl sites for hydroxylation is 2. The molecule has 0 aliphatic rings. The standard InChI is InChI=1S/C13H17N3O/c1-10-5-3-4-6-11(10)15-12(8-17)13-7-14-9-16(13)2/h3-7,9,12,15,17H,8H2,1-2H3. The first-order valence-electron chi connectivity index (χ1n) is 5.61. The van der Waals surface area contributed by atoms with Gasteiger partial charge < -0.3 is 15.0 Å². The number of nitrogens with one attached hydrogen (secondary N) is 1. The van der Waals surface area contributed by atoms with Gasteiger partial charge in [0.25, 0.3) is 0 Å². The van der Waals surface area contributed by atoms with Gasteiger partial charge in [-0.1, -0.05) is 18.2 Å². The molecule has 1 aromatic carbocycles. The number of hydrogen-bond donors (Lipinski definition) is 2. The van der Waals surface area contributed by atoms with Crippen LogP contribution in [0.15, 0.2) is 36.8 Å². The summed E-state index contributed by atoms with van der Waals surface area (Å²) in [6.45, 7) is 2.08. The minimum atomic E-state index is -0.136. The molecule has 0 saturated heterocycles. The predicted octanol–water partition coefficient (Wildman–Crippen LogP) is 1.87. The Bertz CT molecular complexity index is 493. The lowest BCUT2D eigenvalue weighted by Crippen LogP contribution is -2.18. The third kappa shape index (κ3) is 2.47. The van der Waals surface area contributed by atoms with Crippen LogP contribution in [0, 0.1) is 6.92 Å². The second-order valence-corrected chi connectivity index (χ2v) is 4.12. The van der Waals surface area contributed by atoms with Gasteiger partial charge in [0, 0.05) is 12.7 Å². The van der Waals surface area contributed by atoms with Gasteiger partial charge in [-0.15, -0.1) is 0 Å². The van der Waals surface area contributed by atoms with Gasteiger partial charge in [0.15, 0.2) is 0 Å². The Hall–Kier alpha value is -1.81. The van der Waals surface area contributed by atoms with E-state index in [-0.39, 0.29) is 12.6 Å². The van der Waals surface area contributed by atoms with Crippen molar-refractivity contribution in [1.82, 2.24) is 9.55 Å². The topological polar surface area (TPSA) is 50.1 Å². The van der Waals surface area contributed by atoms with Gasteiger partial charge in [0.1, 0.15) is 0 Å². The number of imidazole rings is 1. The van der Waals surface area contributed by atoms with Gasteiger partial charge in [-0.25, -0.2) is 4.98 Å². The smallest absolute Gasteiger partial charge is 0.0946 e. The number of hydrogen-bond acceptors (Lipinski definition) is 3. The van der Waals surface area contributed by atoms with E-state index in [2.05, 4.69) is 10.3 Å². The fraction of sp³-hybridized carbons (Fsp3) is 0.308. The second kappa shape index (κ2) is 5.01. The van der Waals surface area contributed by atoms with E-state index in [1.165, 1.54) is 0 Å². The second-order valence-electron chi connectivity index (χ2n) is 4.12. The van der Waals surface area contributed by atoms with Crippen LogP contribution in [0.25, 0.3) is 0 Å². The number of aliphatic hydroxyl groups excluding tert-OH is 1. The molecule has 0 bridgehead atoms. The quantitative estimate of drug-likeness (QED) is 0.844. The molecule has 1 heterocycles. The first-order valence-corrected chi connectivity index (χ1v) is 5.61. The zero-order chi connectivity index (χ0) is 12.3. The molecule has 1 aromatic heterocycles. The van der Waals surface area contributed by atoms with Gasteiger partial charge in [-0.2, -0.15) is 0 Å². The highest BCUT2D eigenvalue weighted by molar-refractivity contribution is 5.51. The molecular weight excluding hydrogens is 214 g/mol. The maximum absolute atomic E-state index is 9.47. The lowest BCUT2D eigenvalue weighted by atomic mass is 10.1. The normalized spacial score (nSPS) is 12.4. The summed E-state index contributed by atoms with van der Waals surface area (Å²) in [5.74, 6) is 0. The maximum atomic E-state index is 9.47. The molecule has 0 aliphatic heterocycles. The Kier molecular flexibility index (Phi) is 3.44. The molecule has 0 amide bonds. The van der Waals surface area contributed by atoms with Crippen molar-refractivity contribution in [2.75, 3.05) is 11.9 Å². The molecule has 0 fully saturated rings. The van der Waals surface area contributed by atoms with Crippen LogP contribution in [0.1, 0.15) is 17.3 Å². The average molecular weight is 231 g/mol. The summed E-state index contributed by atoms with van der Waals surface area (Å²) < 4.78 is 1.91. The molecule has 0 radical (unpaired) electrons. The van der Waals surface area contributed by atoms with Gasteiger partial charge in [0.2, 0.25) is 0 Å².